The van der Waals surface area contributed by atoms with Crippen LogP contribution in [0.25, 0.3) is 6.08 Å². The first kappa shape index (κ1) is 20.0. The number of rotatable bonds is 5. The van der Waals surface area contributed by atoms with Gasteiger partial charge in [-0.05, 0) is 60.2 Å². The molecule has 0 fully saturated rings. The van der Waals surface area contributed by atoms with E-state index < -0.39 is 17.7 Å². The first-order chi connectivity index (χ1) is 15.0. The Morgan fingerprint density at radius 1 is 1.03 bits per heavy atom. The molecule has 1 aliphatic rings. The predicted molar refractivity (Wildman–Crippen MR) is 115 cm³/mol. The number of nitrogens with zero attached hydrogens (tertiary/aromatic N) is 2. The molecule has 6 nitrogen and oxygen atoms in total. The molecule has 0 spiro atoms. The second kappa shape index (κ2) is 8.23. The average molecular weight is 416 g/mol. The second-order valence-electron chi connectivity index (χ2n) is 6.71. The Labute approximate surface area is 177 Å². The van der Waals surface area contributed by atoms with Crippen LogP contribution in [0.5, 0.6) is 5.75 Å². The highest BCUT2D eigenvalue weighted by Crippen LogP contribution is 2.30. The van der Waals surface area contributed by atoms with Gasteiger partial charge in [0.1, 0.15) is 23.1 Å². The van der Waals surface area contributed by atoms with Crippen molar-refractivity contribution in [3.8, 4) is 5.75 Å². The van der Waals surface area contributed by atoms with Gasteiger partial charge in [-0.3, -0.25) is 9.69 Å². The Morgan fingerprint density at radius 2 is 1.71 bits per heavy atom. The molecule has 1 amide bonds. The molecule has 0 saturated heterocycles. The minimum atomic E-state index is -1.04. The highest BCUT2D eigenvalue weighted by molar-refractivity contribution is 6.33. The number of hydrogen-bond acceptors (Lipinski definition) is 4. The van der Waals surface area contributed by atoms with Gasteiger partial charge in [-0.25, -0.2) is 14.2 Å². The van der Waals surface area contributed by atoms with Gasteiger partial charge in [0.05, 0.1) is 18.4 Å². The summed E-state index contributed by atoms with van der Waals surface area (Å²) in [5.41, 5.74) is 1.54. The summed E-state index contributed by atoms with van der Waals surface area (Å²) in [6, 6.07) is 19.0. The molecule has 1 aliphatic heterocycles. The fourth-order valence-corrected chi connectivity index (χ4v) is 3.19. The number of hydrogen-bond donors (Lipinski definition) is 1. The maximum Gasteiger partial charge on any atom is 0.335 e. The third kappa shape index (κ3) is 3.93. The molecule has 1 N–H and O–H groups in total. The lowest BCUT2D eigenvalue weighted by Gasteiger charge is -2.19. The molecular weight excluding hydrogens is 399 g/mol. The molecular formula is C24H17FN2O4. The number of aliphatic imine (C=N–C) groups is 1. The number of para-hydroxylation sites is 1. The van der Waals surface area contributed by atoms with Crippen LogP contribution in [0.15, 0.2) is 83.5 Å². The van der Waals surface area contributed by atoms with E-state index in [1.165, 1.54) is 29.2 Å². The molecule has 3 aromatic carbocycles. The summed E-state index contributed by atoms with van der Waals surface area (Å²) in [5, 5.41) is 9.04. The summed E-state index contributed by atoms with van der Waals surface area (Å²) in [7, 11) is 1.55. The van der Waals surface area contributed by atoms with Crippen LogP contribution in [0.4, 0.5) is 10.1 Å². The van der Waals surface area contributed by atoms with Crippen LogP contribution in [-0.2, 0) is 4.79 Å². The number of halogens is 1. The fourth-order valence-electron chi connectivity index (χ4n) is 3.19. The van der Waals surface area contributed by atoms with E-state index >= 15 is 0 Å². The number of ether oxygens (including phenoxy) is 1. The molecule has 0 aliphatic carbocycles. The lowest BCUT2D eigenvalue weighted by molar-refractivity contribution is -0.113. The first-order valence-corrected chi connectivity index (χ1v) is 9.35. The van der Waals surface area contributed by atoms with Crippen LogP contribution < -0.4 is 9.64 Å². The highest BCUT2D eigenvalue weighted by Gasteiger charge is 2.34. The van der Waals surface area contributed by atoms with E-state index in [1.807, 2.05) is 0 Å². The summed E-state index contributed by atoms with van der Waals surface area (Å²) in [5.74, 6) is -1.16. The maximum atomic E-state index is 14.6. The Bertz CT molecular complexity index is 1220. The SMILES string of the molecule is COc1ccc(C2=N/C(=C/c3ccc(C(=O)O)cc3)C(=O)N2c2ccccc2F)cc1. The number of carboxylic acid groups (broad SMARTS) is 1. The summed E-state index contributed by atoms with van der Waals surface area (Å²) >= 11 is 0. The normalized spacial score (nSPS) is 14.6. The van der Waals surface area contributed by atoms with Crippen LogP contribution in [0.2, 0.25) is 0 Å². The molecule has 1 heterocycles. The smallest absolute Gasteiger partial charge is 0.335 e. The van der Waals surface area contributed by atoms with Crippen molar-refractivity contribution in [3.05, 3.63) is 101 Å². The van der Waals surface area contributed by atoms with E-state index in [0.29, 0.717) is 16.9 Å². The van der Waals surface area contributed by atoms with Gasteiger partial charge in [0.2, 0.25) is 0 Å². The van der Waals surface area contributed by atoms with Crippen molar-refractivity contribution in [1.82, 2.24) is 0 Å². The Kier molecular flexibility index (Phi) is 5.32. The van der Waals surface area contributed by atoms with E-state index in [4.69, 9.17) is 9.84 Å². The molecule has 4 rings (SSSR count). The van der Waals surface area contributed by atoms with Gasteiger partial charge >= 0.3 is 5.97 Å². The number of anilines is 1. The van der Waals surface area contributed by atoms with Gasteiger partial charge < -0.3 is 9.84 Å². The molecule has 0 unspecified atom stereocenters. The van der Waals surface area contributed by atoms with Crippen molar-refractivity contribution in [2.75, 3.05) is 12.0 Å². The first-order valence-electron chi connectivity index (χ1n) is 9.35. The quantitative estimate of drug-likeness (QED) is 0.627. The molecule has 0 aromatic heterocycles. The van der Waals surface area contributed by atoms with Gasteiger partial charge in [-0.2, -0.15) is 0 Å². The molecule has 7 heteroatoms. The van der Waals surface area contributed by atoms with E-state index in [0.717, 1.165) is 0 Å². The molecule has 154 valence electrons. The van der Waals surface area contributed by atoms with Crippen molar-refractivity contribution in [3.63, 3.8) is 0 Å². The van der Waals surface area contributed by atoms with Crippen LogP contribution >= 0.6 is 0 Å². The molecule has 0 bridgehead atoms. The van der Waals surface area contributed by atoms with Crippen molar-refractivity contribution < 1.29 is 23.8 Å². The lowest BCUT2D eigenvalue weighted by atomic mass is 10.1. The average Bonchev–Trinajstić information content (AvgIpc) is 3.10. The number of aromatic carboxylic acids is 1. The van der Waals surface area contributed by atoms with Crippen LogP contribution in [0.1, 0.15) is 21.5 Å². The molecule has 0 saturated carbocycles. The van der Waals surface area contributed by atoms with Gasteiger partial charge in [0.15, 0.2) is 0 Å². The third-order valence-corrected chi connectivity index (χ3v) is 4.76. The number of carbonyl (C=O) groups is 2. The van der Waals surface area contributed by atoms with Crippen molar-refractivity contribution in [2.24, 2.45) is 4.99 Å². The van der Waals surface area contributed by atoms with Gasteiger partial charge in [0.25, 0.3) is 5.91 Å². The second-order valence-corrected chi connectivity index (χ2v) is 6.71. The van der Waals surface area contributed by atoms with Gasteiger partial charge in [-0.1, -0.05) is 24.3 Å². The van der Waals surface area contributed by atoms with Crippen LogP contribution in [0.3, 0.4) is 0 Å². The summed E-state index contributed by atoms with van der Waals surface area (Å²) < 4.78 is 19.7. The zero-order chi connectivity index (χ0) is 22.0. The zero-order valence-electron chi connectivity index (χ0n) is 16.4. The van der Waals surface area contributed by atoms with Crippen molar-refractivity contribution in [1.29, 1.82) is 0 Å². The standard InChI is InChI=1S/C24H17FN2O4/c1-31-18-12-10-16(11-13-18)22-26-20(14-15-6-8-17(9-7-15)24(29)30)23(28)27(22)21-5-3-2-4-19(21)25/h2-14H,1H3,(H,29,30)/b20-14+. The fraction of sp³-hybridized carbons (Fsp3) is 0.0417. The van der Waals surface area contributed by atoms with E-state index in [2.05, 4.69) is 4.99 Å². The summed E-state index contributed by atoms with van der Waals surface area (Å²) in [4.78, 5) is 30.0. The van der Waals surface area contributed by atoms with Crippen LogP contribution in [-0.4, -0.2) is 29.9 Å². The number of methoxy groups -OCH3 is 1. The molecule has 3 aromatic rings. The highest BCUT2D eigenvalue weighted by atomic mass is 19.1. The number of carboxylic acids is 1. The Hall–Kier alpha value is -4.26. The molecule has 0 radical (unpaired) electrons. The van der Waals surface area contributed by atoms with Gasteiger partial charge in [-0.15, -0.1) is 0 Å². The van der Waals surface area contributed by atoms with Crippen molar-refractivity contribution in [2.45, 2.75) is 0 Å². The zero-order valence-corrected chi connectivity index (χ0v) is 16.4. The maximum absolute atomic E-state index is 14.6. The minimum Gasteiger partial charge on any atom is -0.497 e. The Morgan fingerprint density at radius 3 is 2.32 bits per heavy atom. The van der Waals surface area contributed by atoms with Crippen molar-refractivity contribution >= 4 is 29.5 Å². The number of carbonyl (C=O) groups excluding carboxylic acids is 1. The van der Waals surface area contributed by atoms with E-state index in [1.54, 1.807) is 61.7 Å². The summed E-state index contributed by atoms with van der Waals surface area (Å²) in [6.07, 6.45) is 1.54. The monoisotopic (exact) mass is 416 g/mol. The topological polar surface area (TPSA) is 79.2 Å². The predicted octanol–water partition coefficient (Wildman–Crippen LogP) is 4.37. The number of benzene rings is 3. The largest absolute Gasteiger partial charge is 0.497 e. The van der Waals surface area contributed by atoms with E-state index in [9.17, 15) is 14.0 Å². The Balaban J connectivity index is 1.79. The number of amidine groups is 1. The number of amides is 1. The van der Waals surface area contributed by atoms with E-state index in [-0.39, 0.29) is 22.8 Å². The molecule has 0 atom stereocenters. The minimum absolute atomic E-state index is 0.0895. The lowest BCUT2D eigenvalue weighted by Crippen LogP contribution is -2.33. The van der Waals surface area contributed by atoms with Crippen LogP contribution in [0, 0.1) is 5.82 Å². The summed E-state index contributed by atoms with van der Waals surface area (Å²) in [6.45, 7) is 0. The van der Waals surface area contributed by atoms with Gasteiger partial charge in [0, 0.05) is 5.56 Å². The third-order valence-electron chi connectivity index (χ3n) is 4.76. The molecule has 31 heavy (non-hydrogen) atoms.